The van der Waals surface area contributed by atoms with Crippen LogP contribution >= 0.6 is 11.3 Å². The van der Waals surface area contributed by atoms with E-state index < -0.39 is 10.0 Å². The normalized spacial score (nSPS) is 11.9. The molecule has 0 radical (unpaired) electrons. The molecular formula is C22H24N6O3S2. The highest BCUT2D eigenvalue weighted by atomic mass is 32.2. The van der Waals surface area contributed by atoms with E-state index in [9.17, 15) is 13.2 Å². The number of carbonyl (C=O) groups is 1. The van der Waals surface area contributed by atoms with Crippen molar-refractivity contribution >= 4 is 49.1 Å². The van der Waals surface area contributed by atoms with Crippen LogP contribution in [0.15, 0.2) is 53.0 Å². The first-order chi connectivity index (χ1) is 15.7. The molecule has 1 amide bonds. The lowest BCUT2D eigenvalue weighted by Gasteiger charge is -2.12. The number of anilines is 2. The number of aromatic nitrogens is 4. The van der Waals surface area contributed by atoms with Gasteiger partial charge in [0.05, 0.1) is 22.0 Å². The second kappa shape index (κ2) is 8.91. The zero-order chi connectivity index (χ0) is 23.8. The van der Waals surface area contributed by atoms with E-state index in [1.807, 2.05) is 27.7 Å². The quantitative estimate of drug-likeness (QED) is 0.394. The number of carbonyl (C=O) groups excluding carboxylic acids is 1. The molecule has 1 aromatic carbocycles. The summed E-state index contributed by atoms with van der Waals surface area (Å²) in [6.07, 6.45) is 3.17. The van der Waals surface area contributed by atoms with E-state index in [1.165, 1.54) is 29.7 Å². The van der Waals surface area contributed by atoms with Gasteiger partial charge in [-0.3, -0.25) is 9.52 Å². The van der Waals surface area contributed by atoms with E-state index in [0.29, 0.717) is 22.3 Å². The predicted molar refractivity (Wildman–Crippen MR) is 129 cm³/mol. The number of hydrogen-bond donors (Lipinski definition) is 2. The number of pyridine rings is 1. The lowest BCUT2D eigenvalue weighted by molar-refractivity contribution is 0.102. The molecule has 0 atom stereocenters. The van der Waals surface area contributed by atoms with E-state index in [1.54, 1.807) is 34.5 Å². The monoisotopic (exact) mass is 484 g/mol. The van der Waals surface area contributed by atoms with Gasteiger partial charge in [0.25, 0.3) is 15.9 Å². The van der Waals surface area contributed by atoms with E-state index in [-0.39, 0.29) is 27.9 Å². The molecule has 0 aliphatic carbocycles. The molecule has 0 aliphatic rings. The number of nitrogens with zero attached hydrogens (tertiary/aromatic N) is 4. The Morgan fingerprint density at radius 2 is 1.85 bits per heavy atom. The Balaban J connectivity index is 1.61. The zero-order valence-electron chi connectivity index (χ0n) is 18.6. The van der Waals surface area contributed by atoms with Crippen molar-refractivity contribution in [1.82, 2.24) is 19.7 Å². The number of amides is 1. The van der Waals surface area contributed by atoms with Gasteiger partial charge in [-0.15, -0.1) is 11.3 Å². The van der Waals surface area contributed by atoms with Gasteiger partial charge < -0.3 is 5.32 Å². The van der Waals surface area contributed by atoms with Gasteiger partial charge in [0.15, 0.2) is 10.8 Å². The molecule has 0 bridgehead atoms. The van der Waals surface area contributed by atoms with Gasteiger partial charge in [-0.05, 0) is 50.1 Å². The Kier molecular flexibility index (Phi) is 6.17. The standard InChI is InChI=1S/C22H24N6O3S2/c1-13(2)19-11-17(18-12-24-28(14(3)4)20(18)26-19)21(29)25-15-5-7-16(8-6-15)33(30,31)27-22-23-9-10-32-22/h5-14H,1-4H3,(H,23,27)(H,25,29). The molecule has 0 saturated carbocycles. The number of thiazole rings is 1. The molecule has 4 aromatic rings. The zero-order valence-corrected chi connectivity index (χ0v) is 20.2. The fraction of sp³-hybridized carbons (Fsp3) is 0.273. The fourth-order valence-electron chi connectivity index (χ4n) is 3.26. The molecule has 0 aliphatic heterocycles. The smallest absolute Gasteiger partial charge is 0.263 e. The van der Waals surface area contributed by atoms with Crippen LogP contribution in [0.4, 0.5) is 10.8 Å². The van der Waals surface area contributed by atoms with Crippen LogP contribution in [0.2, 0.25) is 0 Å². The maximum Gasteiger partial charge on any atom is 0.263 e. The van der Waals surface area contributed by atoms with Crippen LogP contribution in [0, 0.1) is 0 Å². The van der Waals surface area contributed by atoms with Gasteiger partial charge in [0.1, 0.15) is 0 Å². The number of sulfonamides is 1. The minimum Gasteiger partial charge on any atom is -0.322 e. The molecule has 4 rings (SSSR count). The highest BCUT2D eigenvalue weighted by Crippen LogP contribution is 2.26. The summed E-state index contributed by atoms with van der Waals surface area (Å²) in [4.78, 5) is 21.9. The van der Waals surface area contributed by atoms with Crippen LogP contribution in [0.25, 0.3) is 11.0 Å². The Morgan fingerprint density at radius 3 is 2.45 bits per heavy atom. The molecular weight excluding hydrogens is 460 g/mol. The first-order valence-electron chi connectivity index (χ1n) is 10.4. The summed E-state index contributed by atoms with van der Waals surface area (Å²) in [7, 11) is -3.76. The van der Waals surface area contributed by atoms with Crippen molar-refractivity contribution in [2.24, 2.45) is 0 Å². The largest absolute Gasteiger partial charge is 0.322 e. The van der Waals surface area contributed by atoms with E-state index in [2.05, 4.69) is 20.1 Å². The highest BCUT2D eigenvalue weighted by molar-refractivity contribution is 7.93. The SMILES string of the molecule is CC(C)c1cc(C(=O)Nc2ccc(S(=O)(=O)Nc3nccs3)cc2)c2cnn(C(C)C)c2n1. The van der Waals surface area contributed by atoms with Crippen molar-refractivity contribution in [2.75, 3.05) is 10.0 Å². The third-order valence-corrected chi connectivity index (χ3v) is 7.16. The summed E-state index contributed by atoms with van der Waals surface area (Å²) in [5.41, 5.74) is 2.40. The average molecular weight is 485 g/mol. The number of hydrogen-bond acceptors (Lipinski definition) is 7. The maximum absolute atomic E-state index is 13.2. The van der Waals surface area contributed by atoms with Gasteiger partial charge in [-0.25, -0.2) is 23.1 Å². The Bertz CT molecular complexity index is 1390. The van der Waals surface area contributed by atoms with Crippen LogP contribution in [0.5, 0.6) is 0 Å². The summed E-state index contributed by atoms with van der Waals surface area (Å²) < 4.78 is 29.2. The molecule has 172 valence electrons. The average Bonchev–Trinajstić information content (AvgIpc) is 3.42. The minimum atomic E-state index is -3.76. The Labute approximate surface area is 195 Å². The number of nitrogens with one attached hydrogen (secondary N) is 2. The molecule has 3 heterocycles. The van der Waals surface area contributed by atoms with Crippen molar-refractivity contribution in [3.63, 3.8) is 0 Å². The number of rotatable bonds is 7. The topological polar surface area (TPSA) is 119 Å². The molecule has 9 nitrogen and oxygen atoms in total. The number of fused-ring (bicyclic) bond motifs is 1. The summed E-state index contributed by atoms with van der Waals surface area (Å²) in [5, 5.41) is 9.90. The summed E-state index contributed by atoms with van der Waals surface area (Å²) >= 11 is 1.19. The summed E-state index contributed by atoms with van der Waals surface area (Å²) in [6, 6.07) is 7.85. The van der Waals surface area contributed by atoms with E-state index in [0.717, 1.165) is 5.69 Å². The van der Waals surface area contributed by atoms with Crippen molar-refractivity contribution in [1.29, 1.82) is 0 Å². The molecule has 0 spiro atoms. The summed E-state index contributed by atoms with van der Waals surface area (Å²) in [5.74, 6) is -0.185. The molecule has 0 fully saturated rings. The molecule has 0 unspecified atom stereocenters. The highest BCUT2D eigenvalue weighted by Gasteiger charge is 2.20. The molecule has 33 heavy (non-hydrogen) atoms. The van der Waals surface area contributed by atoms with Gasteiger partial charge in [-0.1, -0.05) is 13.8 Å². The molecule has 2 N–H and O–H groups in total. The summed E-state index contributed by atoms with van der Waals surface area (Å²) in [6.45, 7) is 8.06. The van der Waals surface area contributed by atoms with Gasteiger partial charge in [0.2, 0.25) is 0 Å². The maximum atomic E-state index is 13.2. The van der Waals surface area contributed by atoms with Gasteiger partial charge in [-0.2, -0.15) is 5.10 Å². The van der Waals surface area contributed by atoms with Gasteiger partial charge >= 0.3 is 0 Å². The third kappa shape index (κ3) is 4.74. The van der Waals surface area contributed by atoms with Crippen molar-refractivity contribution in [3.05, 3.63) is 59.4 Å². The second-order valence-corrected chi connectivity index (χ2v) is 10.7. The van der Waals surface area contributed by atoms with Crippen LogP contribution < -0.4 is 10.0 Å². The van der Waals surface area contributed by atoms with Crippen LogP contribution in [0.3, 0.4) is 0 Å². The lowest BCUT2D eigenvalue weighted by atomic mass is 10.0. The molecule has 3 aromatic heterocycles. The fourth-order valence-corrected chi connectivity index (χ4v) is 5.05. The van der Waals surface area contributed by atoms with Crippen LogP contribution in [-0.4, -0.2) is 34.1 Å². The first-order valence-corrected chi connectivity index (χ1v) is 12.7. The van der Waals surface area contributed by atoms with E-state index >= 15 is 0 Å². The van der Waals surface area contributed by atoms with Crippen molar-refractivity contribution in [2.45, 2.75) is 44.6 Å². The predicted octanol–water partition coefficient (Wildman–Crippen LogP) is 4.65. The van der Waals surface area contributed by atoms with E-state index in [4.69, 9.17) is 4.98 Å². The van der Waals surface area contributed by atoms with Crippen LogP contribution in [-0.2, 0) is 10.0 Å². The van der Waals surface area contributed by atoms with Gasteiger partial charge in [0, 0.05) is 29.0 Å². The minimum absolute atomic E-state index is 0.0716. The van der Waals surface area contributed by atoms with Crippen molar-refractivity contribution < 1.29 is 13.2 Å². The number of benzene rings is 1. The van der Waals surface area contributed by atoms with Crippen molar-refractivity contribution in [3.8, 4) is 0 Å². The Hall–Kier alpha value is -3.31. The molecule has 0 saturated heterocycles. The lowest BCUT2D eigenvalue weighted by Crippen LogP contribution is -2.15. The van der Waals surface area contributed by atoms with Crippen LogP contribution in [0.1, 0.15) is 55.7 Å². The third-order valence-electron chi connectivity index (χ3n) is 4.99. The first kappa shape index (κ1) is 22.9. The molecule has 11 heteroatoms. The Morgan fingerprint density at radius 1 is 1.12 bits per heavy atom. The second-order valence-electron chi connectivity index (χ2n) is 8.09.